The number of rotatable bonds is 8. The first kappa shape index (κ1) is 20.6. The van der Waals surface area contributed by atoms with E-state index in [1.807, 2.05) is 6.07 Å². The zero-order valence-electron chi connectivity index (χ0n) is 15.9. The SMILES string of the molecule is CCOC(=O)C1CCN(C(=O)CCCOc2ccc(C#N)cc2OC)CC1. The van der Waals surface area contributed by atoms with Crippen molar-refractivity contribution in [2.24, 2.45) is 5.92 Å². The predicted octanol–water partition coefficient (Wildman–Crippen LogP) is 2.53. The molecule has 1 aromatic rings. The van der Waals surface area contributed by atoms with Gasteiger partial charge >= 0.3 is 5.97 Å². The molecule has 146 valence electrons. The van der Waals surface area contributed by atoms with Gasteiger partial charge in [0.25, 0.3) is 0 Å². The summed E-state index contributed by atoms with van der Waals surface area (Å²) < 4.78 is 15.9. The predicted molar refractivity (Wildman–Crippen MR) is 98.4 cm³/mol. The van der Waals surface area contributed by atoms with Crippen LogP contribution in [0.25, 0.3) is 0 Å². The lowest BCUT2D eigenvalue weighted by Gasteiger charge is -2.31. The van der Waals surface area contributed by atoms with Crippen molar-refractivity contribution in [2.75, 3.05) is 33.4 Å². The Balaban J connectivity index is 1.71. The molecule has 1 amide bonds. The van der Waals surface area contributed by atoms with Crippen molar-refractivity contribution in [1.29, 1.82) is 5.26 Å². The summed E-state index contributed by atoms with van der Waals surface area (Å²) in [5, 5.41) is 8.91. The summed E-state index contributed by atoms with van der Waals surface area (Å²) in [6, 6.07) is 7.03. The smallest absolute Gasteiger partial charge is 0.309 e. The van der Waals surface area contributed by atoms with Crippen molar-refractivity contribution >= 4 is 11.9 Å². The number of benzene rings is 1. The van der Waals surface area contributed by atoms with Crippen molar-refractivity contribution in [3.8, 4) is 17.6 Å². The average molecular weight is 374 g/mol. The van der Waals surface area contributed by atoms with Crippen molar-refractivity contribution in [3.63, 3.8) is 0 Å². The summed E-state index contributed by atoms with van der Waals surface area (Å²) in [5.41, 5.74) is 0.501. The Morgan fingerprint density at radius 1 is 1.26 bits per heavy atom. The second kappa shape index (κ2) is 10.4. The normalized spacial score (nSPS) is 14.3. The van der Waals surface area contributed by atoms with E-state index in [0.717, 1.165) is 0 Å². The summed E-state index contributed by atoms with van der Waals surface area (Å²) >= 11 is 0. The molecule has 1 aliphatic rings. The number of carbonyl (C=O) groups excluding carboxylic acids is 2. The number of amides is 1. The van der Waals surface area contributed by atoms with E-state index in [1.54, 1.807) is 30.0 Å². The maximum atomic E-state index is 12.3. The van der Waals surface area contributed by atoms with Crippen LogP contribution in [-0.4, -0.2) is 50.2 Å². The largest absolute Gasteiger partial charge is 0.493 e. The summed E-state index contributed by atoms with van der Waals surface area (Å²) in [6.07, 6.45) is 2.29. The molecule has 0 radical (unpaired) electrons. The Hall–Kier alpha value is -2.75. The molecular weight excluding hydrogens is 348 g/mol. The van der Waals surface area contributed by atoms with Crippen LogP contribution in [0.4, 0.5) is 0 Å². The first-order valence-corrected chi connectivity index (χ1v) is 9.24. The number of hydrogen-bond acceptors (Lipinski definition) is 6. The molecule has 27 heavy (non-hydrogen) atoms. The molecule has 2 rings (SSSR count). The third kappa shape index (κ3) is 5.88. The van der Waals surface area contributed by atoms with E-state index in [1.165, 1.54) is 7.11 Å². The van der Waals surface area contributed by atoms with Gasteiger partial charge in [-0.05, 0) is 38.3 Å². The summed E-state index contributed by atoms with van der Waals surface area (Å²) in [5.74, 6) is 0.879. The molecule has 0 atom stereocenters. The van der Waals surface area contributed by atoms with Crippen LogP contribution < -0.4 is 9.47 Å². The number of piperidine rings is 1. The molecule has 0 N–H and O–H groups in total. The number of methoxy groups -OCH3 is 1. The van der Waals surface area contributed by atoms with E-state index in [-0.39, 0.29) is 17.8 Å². The fourth-order valence-electron chi connectivity index (χ4n) is 3.04. The van der Waals surface area contributed by atoms with Crippen LogP contribution in [0.2, 0.25) is 0 Å². The second-order valence-corrected chi connectivity index (χ2v) is 6.34. The maximum Gasteiger partial charge on any atom is 0.309 e. The topological polar surface area (TPSA) is 88.9 Å². The summed E-state index contributed by atoms with van der Waals surface area (Å²) in [6.45, 7) is 3.75. The molecule has 1 heterocycles. The van der Waals surface area contributed by atoms with Crippen molar-refractivity contribution in [2.45, 2.75) is 32.6 Å². The molecule has 0 spiro atoms. The number of esters is 1. The molecule has 1 aliphatic heterocycles. The van der Waals surface area contributed by atoms with Crippen LogP contribution in [0.15, 0.2) is 18.2 Å². The van der Waals surface area contributed by atoms with Crippen molar-refractivity contribution in [1.82, 2.24) is 4.90 Å². The molecular formula is C20H26N2O5. The molecule has 1 saturated heterocycles. The van der Waals surface area contributed by atoms with E-state index in [9.17, 15) is 9.59 Å². The molecule has 0 aromatic heterocycles. The highest BCUT2D eigenvalue weighted by molar-refractivity contribution is 5.77. The number of carbonyl (C=O) groups is 2. The third-order valence-electron chi connectivity index (χ3n) is 4.55. The van der Waals surface area contributed by atoms with Gasteiger partial charge in [0.05, 0.1) is 37.9 Å². The minimum atomic E-state index is -0.158. The van der Waals surface area contributed by atoms with E-state index in [2.05, 4.69) is 0 Å². The van der Waals surface area contributed by atoms with E-state index in [0.29, 0.717) is 69.0 Å². The van der Waals surface area contributed by atoms with Gasteiger partial charge in [0.1, 0.15) is 0 Å². The molecule has 7 nitrogen and oxygen atoms in total. The first-order chi connectivity index (χ1) is 13.1. The molecule has 0 bridgehead atoms. The van der Waals surface area contributed by atoms with Crippen LogP contribution in [0.1, 0.15) is 38.2 Å². The van der Waals surface area contributed by atoms with E-state index < -0.39 is 0 Å². The number of hydrogen-bond donors (Lipinski definition) is 0. The minimum absolute atomic E-state index is 0.0766. The van der Waals surface area contributed by atoms with Crippen LogP contribution in [0, 0.1) is 17.2 Å². The van der Waals surface area contributed by atoms with Crippen LogP contribution in [0.3, 0.4) is 0 Å². The summed E-state index contributed by atoms with van der Waals surface area (Å²) in [4.78, 5) is 25.9. The van der Waals surface area contributed by atoms with Gasteiger partial charge in [-0.3, -0.25) is 9.59 Å². The van der Waals surface area contributed by atoms with Gasteiger partial charge < -0.3 is 19.1 Å². The Kier molecular flexibility index (Phi) is 7.93. The third-order valence-corrected chi connectivity index (χ3v) is 4.55. The number of likely N-dealkylation sites (tertiary alicyclic amines) is 1. The quantitative estimate of drug-likeness (QED) is 0.513. The van der Waals surface area contributed by atoms with Gasteiger partial charge in [-0.15, -0.1) is 0 Å². The van der Waals surface area contributed by atoms with Crippen molar-refractivity contribution < 1.29 is 23.8 Å². The lowest BCUT2D eigenvalue weighted by molar-refractivity contribution is -0.151. The van der Waals surface area contributed by atoms with Crippen molar-refractivity contribution in [3.05, 3.63) is 23.8 Å². The minimum Gasteiger partial charge on any atom is -0.493 e. The van der Waals surface area contributed by atoms with Crippen LogP contribution >= 0.6 is 0 Å². The van der Waals surface area contributed by atoms with Crippen LogP contribution in [-0.2, 0) is 14.3 Å². The lowest BCUT2D eigenvalue weighted by atomic mass is 9.97. The fourth-order valence-corrected chi connectivity index (χ4v) is 3.04. The fraction of sp³-hybridized carbons (Fsp3) is 0.550. The van der Waals surface area contributed by atoms with E-state index >= 15 is 0 Å². The second-order valence-electron chi connectivity index (χ2n) is 6.34. The zero-order valence-corrected chi connectivity index (χ0v) is 15.9. The monoisotopic (exact) mass is 374 g/mol. The van der Waals surface area contributed by atoms with Crippen LogP contribution in [0.5, 0.6) is 11.5 Å². The van der Waals surface area contributed by atoms with Gasteiger partial charge in [0, 0.05) is 25.6 Å². The maximum absolute atomic E-state index is 12.3. The first-order valence-electron chi connectivity index (χ1n) is 9.24. The van der Waals surface area contributed by atoms with E-state index in [4.69, 9.17) is 19.5 Å². The number of nitrogens with zero attached hydrogens (tertiary/aromatic N) is 2. The van der Waals surface area contributed by atoms with Gasteiger partial charge in [-0.2, -0.15) is 5.26 Å². The summed E-state index contributed by atoms with van der Waals surface area (Å²) in [7, 11) is 1.52. The Morgan fingerprint density at radius 2 is 2.00 bits per heavy atom. The molecule has 0 aliphatic carbocycles. The Bertz CT molecular complexity index is 690. The molecule has 1 fully saturated rings. The Morgan fingerprint density at radius 3 is 2.63 bits per heavy atom. The lowest BCUT2D eigenvalue weighted by Crippen LogP contribution is -2.40. The number of nitriles is 1. The highest BCUT2D eigenvalue weighted by Crippen LogP contribution is 2.28. The molecule has 0 unspecified atom stereocenters. The van der Waals surface area contributed by atoms with Gasteiger partial charge in [-0.25, -0.2) is 0 Å². The zero-order chi connectivity index (χ0) is 19.6. The molecule has 7 heteroatoms. The molecule has 1 aromatic carbocycles. The molecule has 0 saturated carbocycles. The highest BCUT2D eigenvalue weighted by atomic mass is 16.5. The highest BCUT2D eigenvalue weighted by Gasteiger charge is 2.27. The van der Waals surface area contributed by atoms with Gasteiger partial charge in [0.15, 0.2) is 11.5 Å². The standard InChI is InChI=1S/C20H26N2O5/c1-3-26-20(24)16-8-10-22(11-9-16)19(23)5-4-12-27-17-7-6-15(14-21)13-18(17)25-2/h6-7,13,16H,3-5,8-12H2,1-2H3. The average Bonchev–Trinajstić information content (AvgIpc) is 2.71. The van der Waals surface area contributed by atoms with Gasteiger partial charge in [-0.1, -0.05) is 0 Å². The Labute approximate surface area is 159 Å². The van der Waals surface area contributed by atoms with Gasteiger partial charge in [0.2, 0.25) is 5.91 Å². The number of ether oxygens (including phenoxy) is 3.